The molecule has 23 heavy (non-hydrogen) atoms. The summed E-state index contributed by atoms with van der Waals surface area (Å²) in [6.45, 7) is 1.98. The lowest BCUT2D eigenvalue weighted by Gasteiger charge is -2.09. The highest BCUT2D eigenvalue weighted by Gasteiger charge is 2.09. The molecule has 0 radical (unpaired) electrons. The molecule has 2 aromatic rings. The molecule has 7 heteroatoms. The van der Waals surface area contributed by atoms with Gasteiger partial charge in [0.05, 0.1) is 16.7 Å². The number of ether oxygens (including phenoxy) is 1. The second kappa shape index (κ2) is 7.85. The van der Waals surface area contributed by atoms with Crippen molar-refractivity contribution in [3.8, 4) is 0 Å². The van der Waals surface area contributed by atoms with Gasteiger partial charge in [0, 0.05) is 16.9 Å². The summed E-state index contributed by atoms with van der Waals surface area (Å²) in [6, 6.07) is 11.3. The van der Waals surface area contributed by atoms with E-state index in [9.17, 15) is 9.59 Å². The molecule has 0 aromatic heterocycles. The smallest absolute Gasteiger partial charge is 0.411 e. The van der Waals surface area contributed by atoms with Crippen molar-refractivity contribution in [2.24, 2.45) is 0 Å². The molecule has 120 valence electrons. The molecule has 0 spiro atoms. The van der Waals surface area contributed by atoms with E-state index < -0.39 is 6.09 Å². The number of anilines is 2. The summed E-state index contributed by atoms with van der Waals surface area (Å²) in [5.74, 6) is -0.337. The van der Waals surface area contributed by atoms with Crippen molar-refractivity contribution in [1.29, 1.82) is 0 Å². The Kier molecular flexibility index (Phi) is 5.84. The second-order valence-electron chi connectivity index (χ2n) is 4.51. The first-order valence-electron chi connectivity index (χ1n) is 6.80. The Balaban J connectivity index is 2.10. The molecule has 0 saturated heterocycles. The summed E-state index contributed by atoms with van der Waals surface area (Å²) >= 11 is 11.7. The average Bonchev–Trinajstić information content (AvgIpc) is 2.51. The highest BCUT2D eigenvalue weighted by Crippen LogP contribution is 2.25. The minimum absolute atomic E-state index is 0.267. The third-order valence-electron chi connectivity index (χ3n) is 2.82. The number of carbonyl (C=O) groups excluding carboxylic acids is 2. The Morgan fingerprint density at radius 2 is 1.74 bits per heavy atom. The molecule has 0 fully saturated rings. The molecule has 0 saturated carbocycles. The van der Waals surface area contributed by atoms with Gasteiger partial charge in [-0.15, -0.1) is 0 Å². The van der Waals surface area contributed by atoms with Crippen LogP contribution in [-0.2, 0) is 4.74 Å². The fraction of sp³-hybridized carbons (Fsp3) is 0.125. The zero-order valence-corrected chi connectivity index (χ0v) is 13.7. The van der Waals surface area contributed by atoms with E-state index in [1.807, 2.05) is 0 Å². The predicted octanol–water partition coefficient (Wildman–Crippen LogP) is 4.81. The highest BCUT2D eigenvalue weighted by molar-refractivity contribution is 6.42. The molecule has 2 rings (SSSR count). The van der Waals surface area contributed by atoms with Crippen LogP contribution in [0, 0.1) is 0 Å². The molecular formula is C16H14Cl2N2O3. The van der Waals surface area contributed by atoms with Crippen LogP contribution in [0.3, 0.4) is 0 Å². The number of halogens is 2. The van der Waals surface area contributed by atoms with Gasteiger partial charge in [-0.1, -0.05) is 29.3 Å². The molecule has 0 atom stereocenters. The summed E-state index contributed by atoms with van der Waals surface area (Å²) in [5, 5.41) is 6.00. The van der Waals surface area contributed by atoms with Crippen molar-refractivity contribution in [2.45, 2.75) is 6.92 Å². The van der Waals surface area contributed by atoms with E-state index in [0.29, 0.717) is 27.0 Å². The van der Waals surface area contributed by atoms with Gasteiger partial charge in [0.2, 0.25) is 0 Å². The topological polar surface area (TPSA) is 67.4 Å². The fourth-order valence-corrected chi connectivity index (χ4v) is 2.10. The van der Waals surface area contributed by atoms with Crippen LogP contribution in [0.25, 0.3) is 0 Å². The monoisotopic (exact) mass is 352 g/mol. The lowest BCUT2D eigenvalue weighted by Crippen LogP contribution is -2.15. The van der Waals surface area contributed by atoms with Gasteiger partial charge in [0.25, 0.3) is 5.91 Å². The average molecular weight is 353 g/mol. The molecule has 2 N–H and O–H groups in total. The predicted molar refractivity (Wildman–Crippen MR) is 91.5 cm³/mol. The van der Waals surface area contributed by atoms with E-state index in [0.717, 1.165) is 0 Å². The van der Waals surface area contributed by atoms with Gasteiger partial charge in [0.15, 0.2) is 0 Å². The number of nitrogens with one attached hydrogen (secondary N) is 2. The molecule has 2 aromatic carbocycles. The Hall–Kier alpha value is -2.24. The SMILES string of the molecule is CCOC(=O)Nc1cccc(C(=O)Nc2ccc(Cl)c(Cl)c2)c1. The second-order valence-corrected chi connectivity index (χ2v) is 5.32. The summed E-state index contributed by atoms with van der Waals surface area (Å²) in [5.41, 5.74) is 1.36. The van der Waals surface area contributed by atoms with Crippen molar-refractivity contribution in [3.05, 3.63) is 58.1 Å². The van der Waals surface area contributed by atoms with Gasteiger partial charge in [-0.25, -0.2) is 4.79 Å². The first kappa shape index (κ1) is 17.1. The van der Waals surface area contributed by atoms with Crippen molar-refractivity contribution in [1.82, 2.24) is 0 Å². The number of carbonyl (C=O) groups is 2. The quantitative estimate of drug-likeness (QED) is 0.829. The Labute approximate surface area is 143 Å². The minimum Gasteiger partial charge on any atom is -0.450 e. The lowest BCUT2D eigenvalue weighted by molar-refractivity contribution is 0.102. The zero-order chi connectivity index (χ0) is 16.8. The molecule has 0 aliphatic carbocycles. The van der Waals surface area contributed by atoms with Gasteiger partial charge in [0.1, 0.15) is 0 Å². The number of amides is 2. The van der Waals surface area contributed by atoms with Gasteiger partial charge in [-0.2, -0.15) is 0 Å². The van der Waals surface area contributed by atoms with E-state index in [1.54, 1.807) is 49.4 Å². The minimum atomic E-state index is -0.574. The zero-order valence-electron chi connectivity index (χ0n) is 12.2. The van der Waals surface area contributed by atoms with Crippen LogP contribution in [0.5, 0.6) is 0 Å². The first-order chi connectivity index (χ1) is 11.0. The van der Waals surface area contributed by atoms with E-state index in [-0.39, 0.29) is 12.5 Å². The number of rotatable bonds is 4. The van der Waals surface area contributed by atoms with E-state index in [1.165, 1.54) is 0 Å². The summed E-state index contributed by atoms with van der Waals surface area (Å²) in [6.07, 6.45) is -0.574. The largest absolute Gasteiger partial charge is 0.450 e. The van der Waals surface area contributed by atoms with Gasteiger partial charge in [-0.05, 0) is 43.3 Å². The maximum atomic E-state index is 12.2. The Morgan fingerprint density at radius 1 is 1.00 bits per heavy atom. The van der Waals surface area contributed by atoms with Crippen molar-refractivity contribution >= 4 is 46.6 Å². The molecule has 0 heterocycles. The standard InChI is InChI=1S/C16H14Cl2N2O3/c1-2-23-16(22)20-11-5-3-4-10(8-11)15(21)19-12-6-7-13(17)14(18)9-12/h3-9H,2H2,1H3,(H,19,21)(H,20,22). The van der Waals surface area contributed by atoms with Gasteiger partial charge >= 0.3 is 6.09 Å². The molecule has 0 bridgehead atoms. The van der Waals surface area contributed by atoms with Gasteiger partial charge < -0.3 is 10.1 Å². The normalized spacial score (nSPS) is 10.0. The third kappa shape index (κ3) is 4.87. The molecule has 0 unspecified atom stereocenters. The summed E-state index contributed by atoms with van der Waals surface area (Å²) < 4.78 is 4.79. The molecular weight excluding hydrogens is 339 g/mol. The highest BCUT2D eigenvalue weighted by atomic mass is 35.5. The summed E-state index contributed by atoms with van der Waals surface area (Å²) in [7, 11) is 0. The summed E-state index contributed by atoms with van der Waals surface area (Å²) in [4.78, 5) is 23.6. The fourth-order valence-electron chi connectivity index (χ4n) is 1.80. The Bertz CT molecular complexity index is 735. The van der Waals surface area contributed by atoms with E-state index in [2.05, 4.69) is 10.6 Å². The van der Waals surface area contributed by atoms with E-state index in [4.69, 9.17) is 27.9 Å². The van der Waals surface area contributed by atoms with Crippen LogP contribution in [0.4, 0.5) is 16.2 Å². The van der Waals surface area contributed by atoms with Crippen LogP contribution < -0.4 is 10.6 Å². The van der Waals surface area contributed by atoms with Crippen molar-refractivity contribution in [3.63, 3.8) is 0 Å². The maximum Gasteiger partial charge on any atom is 0.411 e. The van der Waals surface area contributed by atoms with Crippen LogP contribution in [0.15, 0.2) is 42.5 Å². The van der Waals surface area contributed by atoms with E-state index >= 15 is 0 Å². The third-order valence-corrected chi connectivity index (χ3v) is 3.56. The first-order valence-corrected chi connectivity index (χ1v) is 7.55. The van der Waals surface area contributed by atoms with Crippen molar-refractivity contribution < 1.29 is 14.3 Å². The molecule has 0 aliphatic heterocycles. The molecule has 0 aliphatic rings. The van der Waals surface area contributed by atoms with Crippen LogP contribution in [0.2, 0.25) is 10.0 Å². The number of hydrogen-bond donors (Lipinski definition) is 2. The molecule has 2 amide bonds. The Morgan fingerprint density at radius 3 is 2.43 bits per heavy atom. The van der Waals surface area contributed by atoms with Gasteiger partial charge in [-0.3, -0.25) is 10.1 Å². The van der Waals surface area contributed by atoms with Crippen LogP contribution >= 0.6 is 23.2 Å². The maximum absolute atomic E-state index is 12.2. The number of benzene rings is 2. The molecule has 5 nitrogen and oxygen atoms in total. The van der Waals surface area contributed by atoms with Crippen molar-refractivity contribution in [2.75, 3.05) is 17.2 Å². The van der Waals surface area contributed by atoms with Crippen LogP contribution in [0.1, 0.15) is 17.3 Å². The lowest BCUT2D eigenvalue weighted by atomic mass is 10.2. The van der Waals surface area contributed by atoms with Crippen LogP contribution in [-0.4, -0.2) is 18.6 Å². The number of hydrogen-bond acceptors (Lipinski definition) is 3.